The molecule has 0 aromatic heterocycles. The maximum atomic E-state index is 12.7. The van der Waals surface area contributed by atoms with Gasteiger partial charge < -0.3 is 5.32 Å². The molecule has 0 aliphatic carbocycles. The lowest BCUT2D eigenvalue weighted by molar-refractivity contribution is 0.497. The lowest BCUT2D eigenvalue weighted by atomic mass is 10.2. The van der Waals surface area contributed by atoms with Crippen LogP contribution in [0, 0.1) is 13.8 Å². The monoisotopic (exact) mass is 297 g/mol. The highest BCUT2D eigenvalue weighted by Gasteiger charge is 2.26. The van der Waals surface area contributed by atoms with E-state index in [1.165, 1.54) is 0 Å². The molecule has 1 aromatic carbocycles. The van der Waals surface area contributed by atoms with E-state index >= 15 is 0 Å². The molecule has 0 heterocycles. The van der Waals surface area contributed by atoms with Crippen molar-refractivity contribution in [1.82, 2.24) is 5.32 Å². The smallest absolute Gasteiger partial charge is 0.181 e. The maximum absolute atomic E-state index is 12.7. The molecular formula is C16H27NO2S. The van der Waals surface area contributed by atoms with E-state index in [0.29, 0.717) is 11.3 Å². The van der Waals surface area contributed by atoms with Gasteiger partial charge in [0.15, 0.2) is 9.84 Å². The summed E-state index contributed by atoms with van der Waals surface area (Å²) in [6.07, 6.45) is 1.69. The Kier molecular flexibility index (Phi) is 6.21. The van der Waals surface area contributed by atoms with Crippen molar-refractivity contribution < 1.29 is 8.42 Å². The summed E-state index contributed by atoms with van der Waals surface area (Å²) in [6.45, 7) is 10.7. The van der Waals surface area contributed by atoms with E-state index in [9.17, 15) is 8.42 Å². The zero-order chi connectivity index (χ0) is 15.3. The Morgan fingerprint density at radius 1 is 1.20 bits per heavy atom. The van der Waals surface area contributed by atoms with E-state index in [1.807, 2.05) is 32.9 Å². The zero-order valence-corrected chi connectivity index (χ0v) is 14.0. The van der Waals surface area contributed by atoms with Crippen LogP contribution in [0.15, 0.2) is 23.1 Å². The molecule has 114 valence electrons. The summed E-state index contributed by atoms with van der Waals surface area (Å²) in [7, 11) is -3.25. The van der Waals surface area contributed by atoms with Crippen molar-refractivity contribution in [2.75, 3.05) is 6.54 Å². The minimum absolute atomic E-state index is 0.213. The van der Waals surface area contributed by atoms with Crippen LogP contribution < -0.4 is 5.32 Å². The van der Waals surface area contributed by atoms with Crippen LogP contribution in [0.2, 0.25) is 0 Å². The van der Waals surface area contributed by atoms with E-state index < -0.39 is 9.84 Å². The number of hydrogen-bond acceptors (Lipinski definition) is 3. The SMILES string of the molecule is CCCNC(C)CC(C)S(=O)(=O)c1cc(C)ccc1C. The van der Waals surface area contributed by atoms with Crippen molar-refractivity contribution in [2.24, 2.45) is 0 Å². The number of aryl methyl sites for hydroxylation is 2. The van der Waals surface area contributed by atoms with Crippen LogP contribution >= 0.6 is 0 Å². The van der Waals surface area contributed by atoms with Crippen molar-refractivity contribution >= 4 is 9.84 Å². The average molecular weight is 297 g/mol. The summed E-state index contributed by atoms with van der Waals surface area (Å²) in [4.78, 5) is 0.479. The average Bonchev–Trinajstić information content (AvgIpc) is 2.38. The standard InChI is InChI=1S/C16H27NO2S/c1-6-9-17-14(4)11-15(5)20(18,19)16-10-12(2)7-8-13(16)3/h7-8,10,14-15,17H,6,9,11H2,1-5H3. The van der Waals surface area contributed by atoms with E-state index in [0.717, 1.165) is 24.1 Å². The Bertz CT molecular complexity index is 537. The molecule has 0 aliphatic rings. The third kappa shape index (κ3) is 4.32. The number of sulfone groups is 1. The third-order valence-electron chi connectivity index (χ3n) is 3.61. The summed E-state index contributed by atoms with van der Waals surface area (Å²) in [5.41, 5.74) is 1.81. The molecule has 0 spiro atoms. The summed E-state index contributed by atoms with van der Waals surface area (Å²) in [5, 5.41) is 2.98. The minimum Gasteiger partial charge on any atom is -0.314 e. The number of rotatable bonds is 7. The Hall–Kier alpha value is -0.870. The molecule has 0 aliphatic heterocycles. The summed E-state index contributed by atoms with van der Waals surface area (Å²) in [6, 6.07) is 5.83. The van der Waals surface area contributed by atoms with Gasteiger partial charge >= 0.3 is 0 Å². The molecule has 1 rings (SSSR count). The highest BCUT2D eigenvalue weighted by Crippen LogP contribution is 2.23. The number of hydrogen-bond donors (Lipinski definition) is 1. The Balaban J connectivity index is 2.90. The van der Waals surface area contributed by atoms with E-state index in [-0.39, 0.29) is 11.3 Å². The quantitative estimate of drug-likeness (QED) is 0.840. The van der Waals surface area contributed by atoms with E-state index in [1.54, 1.807) is 13.0 Å². The summed E-state index contributed by atoms with van der Waals surface area (Å²) >= 11 is 0. The van der Waals surface area contributed by atoms with Crippen LogP contribution in [0.4, 0.5) is 0 Å². The van der Waals surface area contributed by atoms with Crippen molar-refractivity contribution in [3.05, 3.63) is 29.3 Å². The van der Waals surface area contributed by atoms with Gasteiger partial charge in [0.25, 0.3) is 0 Å². The van der Waals surface area contributed by atoms with Gasteiger partial charge in [0, 0.05) is 6.04 Å². The van der Waals surface area contributed by atoms with Crippen molar-refractivity contribution in [3.8, 4) is 0 Å². The molecule has 2 atom stereocenters. The third-order valence-corrected chi connectivity index (χ3v) is 5.91. The zero-order valence-electron chi connectivity index (χ0n) is 13.2. The molecule has 0 radical (unpaired) electrons. The van der Waals surface area contributed by atoms with Gasteiger partial charge in [0.1, 0.15) is 0 Å². The Morgan fingerprint density at radius 3 is 2.45 bits per heavy atom. The highest BCUT2D eigenvalue weighted by atomic mass is 32.2. The number of nitrogens with one attached hydrogen (secondary N) is 1. The largest absolute Gasteiger partial charge is 0.314 e. The van der Waals surface area contributed by atoms with Crippen LogP contribution in [-0.2, 0) is 9.84 Å². The van der Waals surface area contributed by atoms with Gasteiger partial charge in [-0.2, -0.15) is 0 Å². The lowest BCUT2D eigenvalue weighted by Gasteiger charge is -2.20. The van der Waals surface area contributed by atoms with Gasteiger partial charge in [-0.3, -0.25) is 0 Å². The van der Waals surface area contributed by atoms with Crippen LogP contribution in [-0.4, -0.2) is 26.3 Å². The lowest BCUT2D eigenvalue weighted by Crippen LogP contribution is -2.32. The van der Waals surface area contributed by atoms with Crippen LogP contribution in [0.25, 0.3) is 0 Å². The topological polar surface area (TPSA) is 46.2 Å². The molecule has 1 N–H and O–H groups in total. The van der Waals surface area contributed by atoms with Crippen molar-refractivity contribution in [3.63, 3.8) is 0 Å². The van der Waals surface area contributed by atoms with Gasteiger partial charge in [0.05, 0.1) is 10.1 Å². The Labute approximate surface area is 123 Å². The fraction of sp³-hybridized carbons (Fsp3) is 0.625. The second-order valence-corrected chi connectivity index (χ2v) is 8.05. The first-order chi connectivity index (χ1) is 9.28. The van der Waals surface area contributed by atoms with Gasteiger partial charge in [-0.15, -0.1) is 0 Å². The van der Waals surface area contributed by atoms with Crippen LogP contribution in [0.1, 0.15) is 44.7 Å². The molecule has 2 unspecified atom stereocenters. The Morgan fingerprint density at radius 2 is 1.85 bits per heavy atom. The van der Waals surface area contributed by atoms with E-state index in [2.05, 4.69) is 12.2 Å². The first-order valence-electron chi connectivity index (χ1n) is 7.33. The molecule has 20 heavy (non-hydrogen) atoms. The first kappa shape index (κ1) is 17.2. The number of benzene rings is 1. The molecule has 0 fully saturated rings. The molecule has 0 amide bonds. The predicted molar refractivity (Wildman–Crippen MR) is 84.9 cm³/mol. The molecule has 3 nitrogen and oxygen atoms in total. The summed E-state index contributed by atoms with van der Waals surface area (Å²) in [5.74, 6) is 0. The normalized spacial score (nSPS) is 15.1. The van der Waals surface area contributed by atoms with Crippen molar-refractivity contribution in [2.45, 2.75) is 63.6 Å². The van der Waals surface area contributed by atoms with Gasteiger partial charge in [0.2, 0.25) is 0 Å². The predicted octanol–water partition coefficient (Wildman–Crippen LogP) is 3.24. The fourth-order valence-corrected chi connectivity index (χ4v) is 4.17. The van der Waals surface area contributed by atoms with E-state index in [4.69, 9.17) is 0 Å². The van der Waals surface area contributed by atoms with Crippen molar-refractivity contribution in [1.29, 1.82) is 0 Å². The fourth-order valence-electron chi connectivity index (χ4n) is 2.33. The minimum atomic E-state index is -3.25. The molecule has 0 bridgehead atoms. The van der Waals surface area contributed by atoms with Gasteiger partial charge in [-0.05, 0) is 64.3 Å². The first-order valence-corrected chi connectivity index (χ1v) is 8.88. The van der Waals surface area contributed by atoms with Crippen LogP contribution in [0.3, 0.4) is 0 Å². The molecule has 1 aromatic rings. The van der Waals surface area contributed by atoms with Gasteiger partial charge in [-0.1, -0.05) is 19.1 Å². The van der Waals surface area contributed by atoms with Crippen LogP contribution in [0.5, 0.6) is 0 Å². The summed E-state index contributed by atoms with van der Waals surface area (Å²) < 4.78 is 25.4. The maximum Gasteiger partial charge on any atom is 0.181 e. The molecular weight excluding hydrogens is 270 g/mol. The second-order valence-electron chi connectivity index (χ2n) is 5.72. The molecule has 0 saturated carbocycles. The van der Waals surface area contributed by atoms with Gasteiger partial charge in [-0.25, -0.2) is 8.42 Å². The molecule has 0 saturated heterocycles. The highest BCUT2D eigenvalue weighted by molar-refractivity contribution is 7.92. The second kappa shape index (κ2) is 7.23. The molecule has 4 heteroatoms.